The zero-order chi connectivity index (χ0) is 25.1. The van der Waals surface area contributed by atoms with Gasteiger partial charge in [0.05, 0.1) is 6.54 Å². The maximum atomic E-state index is 14.3. The Kier molecular flexibility index (Phi) is 6.77. The van der Waals surface area contributed by atoms with Gasteiger partial charge in [0.1, 0.15) is 17.2 Å². The number of hydrogen-bond donors (Lipinski definition) is 2. The van der Waals surface area contributed by atoms with Crippen LogP contribution in [0.4, 0.5) is 10.1 Å². The number of carbonyl (C=O) groups excluding carboxylic acids is 1. The molecular formula is C26H26FN5O3. The van der Waals surface area contributed by atoms with Crippen molar-refractivity contribution in [3.63, 3.8) is 0 Å². The predicted octanol–water partition coefficient (Wildman–Crippen LogP) is 3.59. The van der Waals surface area contributed by atoms with E-state index in [0.29, 0.717) is 17.9 Å². The van der Waals surface area contributed by atoms with Crippen LogP contribution in [0.25, 0.3) is 11.2 Å². The lowest BCUT2D eigenvalue weighted by Crippen LogP contribution is -2.40. The van der Waals surface area contributed by atoms with Crippen LogP contribution in [-0.4, -0.2) is 25.0 Å². The van der Waals surface area contributed by atoms with Crippen molar-refractivity contribution >= 4 is 22.8 Å². The lowest BCUT2D eigenvalue weighted by Gasteiger charge is -2.10. The van der Waals surface area contributed by atoms with Gasteiger partial charge in [-0.1, -0.05) is 42.0 Å². The second kappa shape index (κ2) is 9.92. The molecule has 2 aromatic heterocycles. The highest BCUT2D eigenvalue weighted by molar-refractivity contribution is 5.88. The summed E-state index contributed by atoms with van der Waals surface area (Å²) in [7, 11) is 0. The molecule has 0 aliphatic heterocycles. The normalized spacial score (nSPS) is 11.0. The molecule has 0 atom stereocenters. The van der Waals surface area contributed by atoms with Gasteiger partial charge in [-0.25, -0.2) is 14.2 Å². The van der Waals surface area contributed by atoms with Crippen LogP contribution in [0.2, 0.25) is 0 Å². The van der Waals surface area contributed by atoms with Crippen LogP contribution in [-0.2, 0) is 24.3 Å². The molecule has 0 radical (unpaired) electrons. The molecule has 0 aliphatic rings. The van der Waals surface area contributed by atoms with Gasteiger partial charge >= 0.3 is 5.69 Å². The number of nitrogens with one attached hydrogen (secondary N) is 2. The molecule has 1 amide bonds. The number of nitrogens with zero attached hydrogens (tertiary/aromatic N) is 3. The van der Waals surface area contributed by atoms with Gasteiger partial charge in [0, 0.05) is 31.1 Å². The van der Waals surface area contributed by atoms with E-state index in [2.05, 4.69) is 15.3 Å². The van der Waals surface area contributed by atoms with Gasteiger partial charge in [0.25, 0.3) is 5.56 Å². The molecule has 4 rings (SSSR count). The van der Waals surface area contributed by atoms with E-state index in [9.17, 15) is 18.8 Å². The van der Waals surface area contributed by atoms with Gasteiger partial charge in [-0.3, -0.25) is 18.7 Å². The predicted molar refractivity (Wildman–Crippen MR) is 133 cm³/mol. The van der Waals surface area contributed by atoms with E-state index in [1.165, 1.54) is 17.6 Å². The molecule has 0 saturated heterocycles. The lowest BCUT2D eigenvalue weighted by atomic mass is 10.1. The average Bonchev–Trinajstić information content (AvgIpc) is 3.22. The zero-order valence-corrected chi connectivity index (χ0v) is 19.8. The Morgan fingerprint density at radius 3 is 2.43 bits per heavy atom. The van der Waals surface area contributed by atoms with Gasteiger partial charge < -0.3 is 10.3 Å². The third kappa shape index (κ3) is 5.29. The fourth-order valence-corrected chi connectivity index (χ4v) is 3.78. The zero-order valence-electron chi connectivity index (χ0n) is 19.8. The van der Waals surface area contributed by atoms with Gasteiger partial charge in [-0.2, -0.15) is 0 Å². The maximum absolute atomic E-state index is 14.3. The monoisotopic (exact) mass is 475 g/mol. The van der Waals surface area contributed by atoms with Crippen molar-refractivity contribution in [2.45, 2.75) is 40.3 Å². The van der Waals surface area contributed by atoms with Crippen LogP contribution in [0, 0.1) is 5.82 Å². The van der Waals surface area contributed by atoms with Gasteiger partial charge in [-0.05, 0) is 37.6 Å². The average molecular weight is 476 g/mol. The van der Waals surface area contributed by atoms with E-state index in [1.54, 1.807) is 30.3 Å². The quantitative estimate of drug-likeness (QED) is 0.399. The highest BCUT2D eigenvalue weighted by atomic mass is 19.1. The summed E-state index contributed by atoms with van der Waals surface area (Å²) in [6.07, 6.45) is 2.26. The number of benzene rings is 2. The second-order valence-electron chi connectivity index (χ2n) is 8.59. The topological polar surface area (TPSA) is 102 Å². The van der Waals surface area contributed by atoms with Crippen molar-refractivity contribution in [2.75, 3.05) is 5.32 Å². The molecule has 9 heteroatoms. The number of carbonyl (C=O) groups is 1. The number of imidazole rings is 1. The summed E-state index contributed by atoms with van der Waals surface area (Å²) in [5.74, 6) is -0.128. The lowest BCUT2D eigenvalue weighted by molar-refractivity contribution is -0.114. The van der Waals surface area contributed by atoms with E-state index in [1.807, 2.05) is 32.1 Å². The number of hydrogen-bond acceptors (Lipinski definition) is 4. The Bertz CT molecular complexity index is 1540. The molecular weight excluding hydrogens is 449 g/mol. The molecule has 0 unspecified atom stereocenters. The number of amides is 1. The highest BCUT2D eigenvalue weighted by Gasteiger charge is 2.18. The largest absolute Gasteiger partial charge is 0.336 e. The Balaban J connectivity index is 1.78. The van der Waals surface area contributed by atoms with Crippen molar-refractivity contribution in [3.05, 3.63) is 104 Å². The summed E-state index contributed by atoms with van der Waals surface area (Å²) >= 11 is 0. The summed E-state index contributed by atoms with van der Waals surface area (Å²) in [4.78, 5) is 45.4. The van der Waals surface area contributed by atoms with E-state index in [-0.39, 0.29) is 35.7 Å². The van der Waals surface area contributed by atoms with Crippen LogP contribution >= 0.6 is 0 Å². The fraction of sp³-hybridized carbons (Fsp3) is 0.231. The molecule has 8 nitrogen and oxygen atoms in total. The molecule has 2 aromatic carbocycles. The summed E-state index contributed by atoms with van der Waals surface area (Å²) in [6, 6.07) is 13.3. The molecule has 35 heavy (non-hydrogen) atoms. The Morgan fingerprint density at radius 1 is 1.06 bits per heavy atom. The van der Waals surface area contributed by atoms with E-state index in [4.69, 9.17) is 0 Å². The summed E-state index contributed by atoms with van der Waals surface area (Å²) in [6.45, 7) is 5.31. The summed E-state index contributed by atoms with van der Waals surface area (Å²) < 4.78 is 16.7. The number of anilines is 1. The SMILES string of the molecule is CC(=O)Nc1ccc(Cc2nc3c([nH]2)c(=O)n(Cc2ccccc2F)c(=O)n3CC=C(C)C)cc1. The minimum atomic E-state index is -0.555. The number of fused-ring (bicyclic) bond motifs is 1. The number of H-pyrrole nitrogens is 1. The molecule has 4 aromatic rings. The van der Waals surface area contributed by atoms with Gasteiger partial charge in [0.2, 0.25) is 5.91 Å². The number of aromatic amines is 1. The van der Waals surface area contributed by atoms with Gasteiger partial charge in [-0.15, -0.1) is 0 Å². The van der Waals surface area contributed by atoms with Crippen molar-refractivity contribution in [1.29, 1.82) is 0 Å². The van der Waals surface area contributed by atoms with Crippen LogP contribution in [0.5, 0.6) is 0 Å². The minimum absolute atomic E-state index is 0.156. The van der Waals surface area contributed by atoms with Crippen molar-refractivity contribution in [1.82, 2.24) is 19.1 Å². The molecule has 0 bridgehead atoms. The second-order valence-corrected chi connectivity index (χ2v) is 8.59. The highest BCUT2D eigenvalue weighted by Crippen LogP contribution is 2.15. The molecule has 0 fully saturated rings. The molecule has 0 saturated carbocycles. The third-order valence-corrected chi connectivity index (χ3v) is 5.52. The van der Waals surface area contributed by atoms with E-state index in [0.717, 1.165) is 15.7 Å². The molecule has 0 spiro atoms. The van der Waals surface area contributed by atoms with Gasteiger partial charge in [0.15, 0.2) is 5.65 Å². The fourth-order valence-electron chi connectivity index (χ4n) is 3.78. The molecule has 2 heterocycles. The summed E-state index contributed by atoms with van der Waals surface area (Å²) in [5, 5.41) is 2.72. The Hall–Kier alpha value is -4.27. The molecule has 0 aliphatic carbocycles. The van der Waals surface area contributed by atoms with E-state index >= 15 is 0 Å². The smallest absolute Gasteiger partial charge is 0.333 e. The first-order valence-electron chi connectivity index (χ1n) is 11.2. The van der Waals surface area contributed by atoms with Crippen molar-refractivity contribution in [3.8, 4) is 0 Å². The van der Waals surface area contributed by atoms with Crippen molar-refractivity contribution in [2.24, 2.45) is 0 Å². The summed E-state index contributed by atoms with van der Waals surface area (Å²) in [5.41, 5.74) is 2.17. The number of halogens is 1. The first-order valence-corrected chi connectivity index (χ1v) is 11.2. The number of allylic oxidation sites excluding steroid dienone is 2. The van der Waals surface area contributed by atoms with Crippen LogP contribution < -0.4 is 16.6 Å². The van der Waals surface area contributed by atoms with Crippen LogP contribution in [0.15, 0.2) is 69.8 Å². The number of aromatic nitrogens is 4. The Morgan fingerprint density at radius 2 is 1.77 bits per heavy atom. The van der Waals surface area contributed by atoms with E-state index < -0.39 is 17.1 Å². The number of rotatable bonds is 7. The molecule has 180 valence electrons. The minimum Gasteiger partial charge on any atom is -0.336 e. The molecule has 2 N–H and O–H groups in total. The standard InChI is InChI=1S/C26H26FN5O3/c1-16(2)12-13-31-24-23(25(34)32(26(31)35)15-19-6-4-5-7-21(19)27)29-22(30-24)14-18-8-10-20(11-9-18)28-17(3)33/h4-12H,13-15H2,1-3H3,(H,28,33)(H,29,30). The first-order chi connectivity index (χ1) is 16.7. The van der Waals surface area contributed by atoms with Crippen molar-refractivity contribution < 1.29 is 9.18 Å². The van der Waals surface area contributed by atoms with Crippen LogP contribution in [0.3, 0.4) is 0 Å². The maximum Gasteiger partial charge on any atom is 0.333 e. The first kappa shape index (κ1) is 23.9. The van der Waals surface area contributed by atoms with Crippen LogP contribution in [0.1, 0.15) is 37.7 Å². The Labute approximate surface area is 200 Å². The third-order valence-electron chi connectivity index (χ3n) is 5.52.